The standard InChI is InChI=1S/C24H29N3O2/c1-26(2)12-18-19-13-27(14-24(19)10-9-22(18)29-24)23(28)17-11-21(15-7-8-15)25-20-6-4-3-5-16(17)20/h3-6,11,15,18-19,22H,7-10,12-14H2,1-2H3/t18-,19+,22+,24+/m0/s1. The van der Waals surface area contributed by atoms with E-state index in [-0.39, 0.29) is 11.5 Å². The lowest BCUT2D eigenvalue weighted by Gasteiger charge is -2.30. The predicted molar refractivity (Wildman–Crippen MR) is 112 cm³/mol. The number of para-hydroxylation sites is 1. The van der Waals surface area contributed by atoms with E-state index in [9.17, 15) is 4.79 Å². The number of ether oxygens (including phenoxy) is 1. The Labute approximate surface area is 172 Å². The molecule has 1 aromatic heterocycles. The highest BCUT2D eigenvalue weighted by Crippen LogP contribution is 2.55. The molecular formula is C24H29N3O2. The Morgan fingerprint density at radius 3 is 2.90 bits per heavy atom. The number of hydrogen-bond donors (Lipinski definition) is 0. The molecule has 0 radical (unpaired) electrons. The van der Waals surface area contributed by atoms with Crippen LogP contribution in [0.2, 0.25) is 0 Å². The van der Waals surface area contributed by atoms with Gasteiger partial charge in [0, 0.05) is 41.9 Å². The fraction of sp³-hybridized carbons (Fsp3) is 0.583. The summed E-state index contributed by atoms with van der Waals surface area (Å²) in [7, 11) is 4.28. The van der Waals surface area contributed by atoms with Crippen LogP contribution in [-0.4, -0.2) is 66.1 Å². The van der Waals surface area contributed by atoms with E-state index < -0.39 is 0 Å². The zero-order valence-corrected chi connectivity index (χ0v) is 17.3. The van der Waals surface area contributed by atoms with Crippen LogP contribution in [0.15, 0.2) is 30.3 Å². The van der Waals surface area contributed by atoms with E-state index in [4.69, 9.17) is 9.72 Å². The smallest absolute Gasteiger partial charge is 0.254 e. The van der Waals surface area contributed by atoms with Crippen molar-refractivity contribution in [2.24, 2.45) is 11.8 Å². The van der Waals surface area contributed by atoms with Crippen molar-refractivity contribution in [3.05, 3.63) is 41.6 Å². The molecule has 0 unspecified atom stereocenters. The number of carbonyl (C=O) groups is 1. The van der Waals surface area contributed by atoms with Gasteiger partial charge in [-0.2, -0.15) is 0 Å². The summed E-state index contributed by atoms with van der Waals surface area (Å²) in [5, 5.41) is 0.978. The molecule has 4 heterocycles. The minimum absolute atomic E-state index is 0.108. The molecule has 0 N–H and O–H groups in total. The maximum Gasteiger partial charge on any atom is 0.254 e. The fourth-order valence-electron chi connectivity index (χ4n) is 6.14. The first-order chi connectivity index (χ1) is 14.0. The van der Waals surface area contributed by atoms with Gasteiger partial charge in [0.05, 0.1) is 29.3 Å². The van der Waals surface area contributed by atoms with Gasteiger partial charge >= 0.3 is 0 Å². The van der Waals surface area contributed by atoms with Gasteiger partial charge in [-0.05, 0) is 51.9 Å². The van der Waals surface area contributed by atoms with Gasteiger partial charge in [-0.15, -0.1) is 0 Å². The molecule has 1 aliphatic carbocycles. The monoisotopic (exact) mass is 391 g/mol. The van der Waals surface area contributed by atoms with Gasteiger partial charge in [0.15, 0.2) is 0 Å². The topological polar surface area (TPSA) is 45.7 Å². The molecule has 1 spiro atoms. The summed E-state index contributed by atoms with van der Waals surface area (Å²) in [5.74, 6) is 1.69. The molecule has 5 nitrogen and oxygen atoms in total. The molecule has 4 atom stereocenters. The summed E-state index contributed by atoms with van der Waals surface area (Å²) in [6.45, 7) is 2.61. The van der Waals surface area contributed by atoms with E-state index in [2.05, 4.69) is 30.0 Å². The van der Waals surface area contributed by atoms with Crippen LogP contribution in [0.4, 0.5) is 0 Å². The number of likely N-dealkylation sites (tertiary alicyclic amines) is 1. The van der Waals surface area contributed by atoms with Crippen molar-refractivity contribution in [1.82, 2.24) is 14.8 Å². The summed E-state index contributed by atoms with van der Waals surface area (Å²) in [6.07, 6.45) is 4.99. The third-order valence-corrected chi connectivity index (χ3v) is 7.61. The number of benzene rings is 1. The number of hydrogen-bond acceptors (Lipinski definition) is 4. The van der Waals surface area contributed by atoms with Gasteiger partial charge in [-0.3, -0.25) is 9.78 Å². The molecule has 1 amide bonds. The third-order valence-electron chi connectivity index (χ3n) is 7.61. The van der Waals surface area contributed by atoms with Crippen molar-refractivity contribution in [2.75, 3.05) is 33.7 Å². The number of nitrogens with zero attached hydrogens (tertiary/aromatic N) is 3. The Morgan fingerprint density at radius 1 is 1.28 bits per heavy atom. The van der Waals surface area contributed by atoms with Crippen LogP contribution in [-0.2, 0) is 4.74 Å². The average Bonchev–Trinajstić information content (AvgIpc) is 3.29. The molecule has 5 heteroatoms. The van der Waals surface area contributed by atoms with Gasteiger partial charge in [-0.25, -0.2) is 0 Å². The lowest BCUT2D eigenvalue weighted by molar-refractivity contribution is 0.00258. The first-order valence-electron chi connectivity index (χ1n) is 11.1. The molecule has 4 aliphatic rings. The van der Waals surface area contributed by atoms with Crippen molar-refractivity contribution in [2.45, 2.75) is 43.3 Å². The van der Waals surface area contributed by atoms with Crippen molar-refractivity contribution in [3.8, 4) is 0 Å². The van der Waals surface area contributed by atoms with E-state index in [1.165, 1.54) is 12.8 Å². The summed E-state index contributed by atoms with van der Waals surface area (Å²) in [4.78, 5) is 22.9. The summed E-state index contributed by atoms with van der Waals surface area (Å²) in [5.41, 5.74) is 2.75. The molecule has 1 aromatic carbocycles. The maximum atomic E-state index is 13.7. The third kappa shape index (κ3) is 2.74. The van der Waals surface area contributed by atoms with Crippen LogP contribution >= 0.6 is 0 Å². The van der Waals surface area contributed by atoms with Crippen molar-refractivity contribution >= 4 is 16.8 Å². The van der Waals surface area contributed by atoms with Crippen LogP contribution in [0.25, 0.3) is 10.9 Å². The lowest BCUT2D eigenvalue weighted by atomic mass is 9.73. The van der Waals surface area contributed by atoms with Crippen LogP contribution < -0.4 is 0 Å². The highest BCUT2D eigenvalue weighted by molar-refractivity contribution is 6.06. The number of pyridine rings is 1. The van der Waals surface area contributed by atoms with Gasteiger partial charge < -0.3 is 14.5 Å². The minimum Gasteiger partial charge on any atom is -0.369 e. The number of aromatic nitrogens is 1. The largest absolute Gasteiger partial charge is 0.369 e. The Kier molecular flexibility index (Phi) is 3.85. The molecule has 4 fully saturated rings. The molecule has 2 bridgehead atoms. The van der Waals surface area contributed by atoms with Crippen LogP contribution in [0.1, 0.15) is 47.7 Å². The minimum atomic E-state index is -0.108. The van der Waals surface area contributed by atoms with Crippen LogP contribution in [0.3, 0.4) is 0 Å². The zero-order valence-electron chi connectivity index (χ0n) is 17.3. The summed E-state index contributed by atoms with van der Waals surface area (Å²) in [6, 6.07) is 10.2. The average molecular weight is 392 g/mol. The van der Waals surface area contributed by atoms with Crippen molar-refractivity contribution < 1.29 is 9.53 Å². The lowest BCUT2D eigenvalue weighted by Crippen LogP contribution is -2.40. The predicted octanol–water partition coefficient (Wildman–Crippen LogP) is 3.29. The van der Waals surface area contributed by atoms with E-state index >= 15 is 0 Å². The second-order valence-corrected chi connectivity index (χ2v) is 9.86. The Hall–Kier alpha value is -1.98. The summed E-state index contributed by atoms with van der Waals surface area (Å²) >= 11 is 0. The number of carbonyl (C=O) groups excluding carboxylic acids is 1. The highest BCUT2D eigenvalue weighted by atomic mass is 16.5. The number of fused-ring (bicyclic) bond motifs is 2. The van der Waals surface area contributed by atoms with Crippen molar-refractivity contribution in [1.29, 1.82) is 0 Å². The first kappa shape index (κ1) is 17.8. The molecule has 1 saturated carbocycles. The Balaban J connectivity index is 1.34. The van der Waals surface area contributed by atoms with Crippen LogP contribution in [0, 0.1) is 11.8 Å². The normalized spacial score (nSPS) is 33.1. The van der Waals surface area contributed by atoms with E-state index in [1.807, 2.05) is 24.3 Å². The van der Waals surface area contributed by atoms with E-state index in [1.54, 1.807) is 0 Å². The SMILES string of the molecule is CN(C)C[C@H]1[C@H]2CN(C(=O)c3cc(C4CC4)nc4ccccc34)C[C@]23CC[C@H]1O3. The second-order valence-electron chi connectivity index (χ2n) is 9.86. The number of rotatable bonds is 4. The Bertz CT molecular complexity index is 985. The maximum absolute atomic E-state index is 13.7. The zero-order chi connectivity index (χ0) is 19.8. The fourth-order valence-corrected chi connectivity index (χ4v) is 6.14. The molecule has 29 heavy (non-hydrogen) atoms. The first-order valence-corrected chi connectivity index (χ1v) is 11.1. The van der Waals surface area contributed by atoms with Gasteiger partial charge in [0.2, 0.25) is 0 Å². The molecule has 2 aromatic rings. The van der Waals surface area contributed by atoms with Gasteiger partial charge in [0.1, 0.15) is 0 Å². The molecule has 6 rings (SSSR count). The quantitative estimate of drug-likeness (QED) is 0.802. The van der Waals surface area contributed by atoms with Crippen LogP contribution in [0.5, 0.6) is 0 Å². The Morgan fingerprint density at radius 2 is 2.10 bits per heavy atom. The second kappa shape index (κ2) is 6.26. The molecule has 152 valence electrons. The molecule has 3 aliphatic heterocycles. The van der Waals surface area contributed by atoms with Gasteiger partial charge in [-0.1, -0.05) is 18.2 Å². The van der Waals surface area contributed by atoms with E-state index in [0.717, 1.165) is 54.6 Å². The van der Waals surface area contributed by atoms with Crippen molar-refractivity contribution in [3.63, 3.8) is 0 Å². The number of amides is 1. The van der Waals surface area contributed by atoms with E-state index in [0.29, 0.717) is 23.9 Å². The van der Waals surface area contributed by atoms with Gasteiger partial charge in [0.25, 0.3) is 5.91 Å². The molecule has 3 saturated heterocycles. The highest BCUT2D eigenvalue weighted by Gasteiger charge is 2.63. The summed E-state index contributed by atoms with van der Waals surface area (Å²) < 4.78 is 6.54. The molecular weight excluding hydrogens is 362 g/mol.